The smallest absolute Gasteiger partial charge is 0.248 e. The third-order valence-corrected chi connectivity index (χ3v) is 3.06. The fraction of sp³-hybridized carbons (Fsp3) is 0.385. The van der Waals surface area contributed by atoms with E-state index >= 15 is 0 Å². The molecule has 104 valence electrons. The number of benzene rings is 1. The molecule has 0 bridgehead atoms. The number of hydrogen-bond acceptors (Lipinski definition) is 3. The normalized spacial score (nSPS) is 11.3. The van der Waals surface area contributed by atoms with Gasteiger partial charge in [-0.2, -0.15) is 0 Å². The molecule has 1 aromatic carbocycles. The predicted octanol–water partition coefficient (Wildman–Crippen LogP) is 1.18. The maximum absolute atomic E-state index is 11.0. The first kappa shape index (κ1) is 15.5. The van der Waals surface area contributed by atoms with Crippen molar-refractivity contribution in [3.05, 3.63) is 34.3 Å². The lowest BCUT2D eigenvalue weighted by Crippen LogP contribution is -2.42. The number of nitrogens with one attached hydrogen (secondary N) is 1. The minimum Gasteiger partial charge on any atom is -0.370 e. The number of amides is 2. The molecule has 0 atom stereocenters. The van der Waals surface area contributed by atoms with Gasteiger partial charge >= 0.3 is 0 Å². The molecule has 1 aromatic rings. The van der Waals surface area contributed by atoms with E-state index in [1.165, 1.54) is 6.07 Å². The van der Waals surface area contributed by atoms with Crippen molar-refractivity contribution in [2.45, 2.75) is 32.4 Å². The van der Waals surface area contributed by atoms with E-state index in [0.717, 1.165) is 5.56 Å². The summed E-state index contributed by atoms with van der Waals surface area (Å²) in [4.78, 5) is 21.9. The molecule has 0 aliphatic rings. The molecular weight excluding hydrogens is 266 g/mol. The molecule has 5 nitrogen and oxygen atoms in total. The van der Waals surface area contributed by atoms with Crippen LogP contribution >= 0.6 is 11.6 Å². The van der Waals surface area contributed by atoms with Gasteiger partial charge < -0.3 is 16.8 Å². The molecule has 2 amide bonds. The lowest BCUT2D eigenvalue weighted by molar-refractivity contribution is -0.119. The van der Waals surface area contributed by atoms with E-state index in [0.29, 0.717) is 17.1 Å². The van der Waals surface area contributed by atoms with Crippen LogP contribution in [0.5, 0.6) is 0 Å². The summed E-state index contributed by atoms with van der Waals surface area (Å²) < 4.78 is 0. The summed E-state index contributed by atoms with van der Waals surface area (Å²) in [6.07, 6.45) is 0.226. The molecule has 0 heterocycles. The fourth-order valence-electron chi connectivity index (χ4n) is 1.68. The van der Waals surface area contributed by atoms with Gasteiger partial charge in [0.25, 0.3) is 0 Å². The van der Waals surface area contributed by atoms with Crippen molar-refractivity contribution in [3.8, 4) is 0 Å². The lowest BCUT2D eigenvalue weighted by atomic mass is 9.99. The van der Waals surface area contributed by atoms with Gasteiger partial charge in [-0.25, -0.2) is 0 Å². The lowest BCUT2D eigenvalue weighted by Gasteiger charge is -2.25. The quantitative estimate of drug-likeness (QED) is 0.731. The molecule has 0 aromatic heterocycles. The standard InChI is InChI=1S/C13H18ClN3O2/c1-13(2,6-11(15)18)17-7-9-4-3-8(12(16)19)5-10(9)14/h3-5,17H,6-7H2,1-2H3,(H2,15,18)(H2,16,19). The summed E-state index contributed by atoms with van der Waals surface area (Å²) in [5.41, 5.74) is 11.1. The Morgan fingerprint density at radius 2 is 1.95 bits per heavy atom. The molecule has 0 radical (unpaired) electrons. The zero-order valence-corrected chi connectivity index (χ0v) is 11.8. The number of nitrogens with two attached hydrogens (primary N) is 2. The van der Waals surface area contributed by atoms with E-state index in [2.05, 4.69) is 5.32 Å². The van der Waals surface area contributed by atoms with Crippen molar-refractivity contribution in [2.75, 3.05) is 0 Å². The van der Waals surface area contributed by atoms with Crippen LogP contribution in [0.4, 0.5) is 0 Å². The molecule has 6 heteroatoms. The molecule has 0 unspecified atom stereocenters. The number of halogens is 1. The Labute approximate surface area is 117 Å². The highest BCUT2D eigenvalue weighted by Gasteiger charge is 2.20. The van der Waals surface area contributed by atoms with Gasteiger partial charge in [0.1, 0.15) is 0 Å². The molecule has 5 N–H and O–H groups in total. The second-order valence-electron chi connectivity index (χ2n) is 5.05. The Balaban J connectivity index is 2.73. The van der Waals surface area contributed by atoms with Gasteiger partial charge in [-0.15, -0.1) is 0 Å². The van der Waals surface area contributed by atoms with Crippen LogP contribution in [0.1, 0.15) is 36.2 Å². The average Bonchev–Trinajstić information content (AvgIpc) is 2.25. The molecule has 0 fully saturated rings. The van der Waals surface area contributed by atoms with Gasteiger partial charge in [0.05, 0.1) is 0 Å². The van der Waals surface area contributed by atoms with Crippen molar-refractivity contribution in [1.82, 2.24) is 5.32 Å². The van der Waals surface area contributed by atoms with E-state index in [1.807, 2.05) is 13.8 Å². The predicted molar refractivity (Wildman–Crippen MR) is 74.7 cm³/mol. The summed E-state index contributed by atoms with van der Waals surface area (Å²) in [7, 11) is 0. The highest BCUT2D eigenvalue weighted by atomic mass is 35.5. The van der Waals surface area contributed by atoms with Crippen LogP contribution in [0.3, 0.4) is 0 Å². The highest BCUT2D eigenvalue weighted by molar-refractivity contribution is 6.31. The number of primary amides is 2. The third kappa shape index (κ3) is 4.89. The Morgan fingerprint density at radius 3 is 2.42 bits per heavy atom. The number of carbonyl (C=O) groups excluding carboxylic acids is 2. The zero-order valence-electron chi connectivity index (χ0n) is 11.0. The van der Waals surface area contributed by atoms with Crippen molar-refractivity contribution >= 4 is 23.4 Å². The van der Waals surface area contributed by atoms with Gasteiger partial charge in [0.15, 0.2) is 0 Å². The fourth-order valence-corrected chi connectivity index (χ4v) is 1.92. The number of hydrogen-bond donors (Lipinski definition) is 3. The summed E-state index contributed by atoms with van der Waals surface area (Å²) in [5, 5.41) is 3.65. The van der Waals surface area contributed by atoms with E-state index in [4.69, 9.17) is 23.1 Å². The van der Waals surface area contributed by atoms with Gasteiger partial charge in [-0.1, -0.05) is 17.7 Å². The minimum atomic E-state index is -0.518. The second kappa shape index (κ2) is 6.04. The van der Waals surface area contributed by atoms with Crippen molar-refractivity contribution < 1.29 is 9.59 Å². The highest BCUT2D eigenvalue weighted by Crippen LogP contribution is 2.19. The summed E-state index contributed by atoms with van der Waals surface area (Å²) >= 11 is 6.07. The monoisotopic (exact) mass is 283 g/mol. The maximum Gasteiger partial charge on any atom is 0.248 e. The molecule has 0 spiro atoms. The van der Waals surface area contributed by atoms with Crippen LogP contribution in [0.2, 0.25) is 5.02 Å². The molecule has 0 saturated heterocycles. The number of rotatable bonds is 6. The minimum absolute atomic E-state index is 0.226. The Morgan fingerprint density at radius 1 is 1.32 bits per heavy atom. The molecular formula is C13H18ClN3O2. The molecule has 0 aliphatic heterocycles. The molecule has 0 aliphatic carbocycles. The van der Waals surface area contributed by atoms with Crippen LogP contribution in [0.15, 0.2) is 18.2 Å². The second-order valence-corrected chi connectivity index (χ2v) is 5.46. The molecule has 0 saturated carbocycles. The van der Waals surface area contributed by atoms with Gasteiger partial charge in [0.2, 0.25) is 11.8 Å². The van der Waals surface area contributed by atoms with Crippen molar-refractivity contribution in [1.29, 1.82) is 0 Å². The summed E-state index contributed by atoms with van der Waals surface area (Å²) in [5.74, 6) is -0.886. The maximum atomic E-state index is 11.0. The summed E-state index contributed by atoms with van der Waals surface area (Å²) in [6.45, 7) is 4.23. The van der Waals surface area contributed by atoms with E-state index in [9.17, 15) is 9.59 Å². The SMILES string of the molecule is CC(C)(CC(N)=O)NCc1ccc(C(N)=O)cc1Cl. The Kier molecular flexibility index (Phi) is 4.91. The van der Waals surface area contributed by atoms with E-state index in [-0.39, 0.29) is 12.3 Å². The Bertz CT molecular complexity index is 501. The molecule has 1 rings (SSSR count). The first-order chi connectivity index (χ1) is 8.71. The Hall–Kier alpha value is -1.59. The first-order valence-corrected chi connectivity index (χ1v) is 6.20. The first-order valence-electron chi connectivity index (χ1n) is 5.83. The van der Waals surface area contributed by atoms with Crippen LogP contribution in [0.25, 0.3) is 0 Å². The van der Waals surface area contributed by atoms with E-state index < -0.39 is 11.4 Å². The van der Waals surface area contributed by atoms with Crippen LogP contribution in [-0.4, -0.2) is 17.4 Å². The average molecular weight is 284 g/mol. The number of carbonyl (C=O) groups is 2. The van der Waals surface area contributed by atoms with Gasteiger partial charge in [0, 0.05) is 29.1 Å². The largest absolute Gasteiger partial charge is 0.370 e. The van der Waals surface area contributed by atoms with Crippen molar-refractivity contribution in [3.63, 3.8) is 0 Å². The zero-order chi connectivity index (χ0) is 14.6. The summed E-state index contributed by atoms with van der Waals surface area (Å²) in [6, 6.07) is 4.88. The van der Waals surface area contributed by atoms with Crippen molar-refractivity contribution in [2.24, 2.45) is 11.5 Å². The van der Waals surface area contributed by atoms with E-state index in [1.54, 1.807) is 12.1 Å². The topological polar surface area (TPSA) is 98.2 Å². The third-order valence-electron chi connectivity index (χ3n) is 2.71. The molecule has 19 heavy (non-hydrogen) atoms. The van der Waals surface area contributed by atoms with Crippen LogP contribution in [0, 0.1) is 0 Å². The van der Waals surface area contributed by atoms with Crippen LogP contribution in [-0.2, 0) is 11.3 Å². The van der Waals surface area contributed by atoms with Gasteiger partial charge in [-0.3, -0.25) is 9.59 Å². The van der Waals surface area contributed by atoms with Gasteiger partial charge in [-0.05, 0) is 31.5 Å². The van der Waals surface area contributed by atoms with Crippen LogP contribution < -0.4 is 16.8 Å².